The lowest BCUT2D eigenvalue weighted by Gasteiger charge is -2.06. The minimum absolute atomic E-state index is 0.230. The number of aromatic nitrogens is 2. The average molecular weight is 186 g/mol. The van der Waals surface area contributed by atoms with Gasteiger partial charge in [0.15, 0.2) is 0 Å². The number of thioether (sulfide) groups is 1. The van der Waals surface area contributed by atoms with Gasteiger partial charge in [-0.25, -0.2) is 9.97 Å². The Hall–Kier alpha value is -0.220. The molecule has 60 valence electrons. The third kappa shape index (κ3) is 2.71. The number of nitrogens with zero attached hydrogens (tertiary/aromatic N) is 2. The van der Waals surface area contributed by atoms with Crippen LogP contribution in [0, 0.1) is 0 Å². The van der Waals surface area contributed by atoms with Crippen LogP contribution in [-0.4, -0.2) is 22.0 Å². The second-order valence-corrected chi connectivity index (χ2v) is 3.64. The molecule has 0 fully saturated rings. The molecule has 1 unspecified atom stereocenters. The van der Waals surface area contributed by atoms with E-state index in [4.69, 9.17) is 0 Å². The number of thiol groups is 1. The molecule has 0 aliphatic heterocycles. The van der Waals surface area contributed by atoms with Gasteiger partial charge in [-0.1, -0.05) is 0 Å². The second-order valence-electron chi connectivity index (χ2n) is 2.11. The molecular weight excluding hydrogens is 176 g/mol. The third-order valence-corrected chi connectivity index (χ3v) is 2.63. The minimum atomic E-state index is 0.230. The largest absolute Gasteiger partial charge is 0.245 e. The Morgan fingerprint density at radius 3 is 3.09 bits per heavy atom. The van der Waals surface area contributed by atoms with E-state index >= 15 is 0 Å². The normalized spacial score (nSPS) is 12.9. The first-order valence-corrected chi connectivity index (χ1v) is 5.18. The summed E-state index contributed by atoms with van der Waals surface area (Å²) in [6.07, 6.45) is 5.36. The van der Waals surface area contributed by atoms with Gasteiger partial charge in [0.1, 0.15) is 6.33 Å². The monoisotopic (exact) mass is 186 g/mol. The van der Waals surface area contributed by atoms with E-state index in [1.165, 1.54) is 0 Å². The summed E-state index contributed by atoms with van der Waals surface area (Å²) >= 11 is 6.16. The van der Waals surface area contributed by atoms with Crippen LogP contribution in [0.5, 0.6) is 0 Å². The Morgan fingerprint density at radius 1 is 1.73 bits per heavy atom. The zero-order valence-electron chi connectivity index (χ0n) is 6.27. The van der Waals surface area contributed by atoms with Crippen molar-refractivity contribution in [3.63, 3.8) is 0 Å². The molecule has 0 bridgehead atoms. The van der Waals surface area contributed by atoms with Gasteiger partial charge in [-0.3, -0.25) is 0 Å². The summed E-state index contributed by atoms with van der Waals surface area (Å²) in [5.41, 5.74) is 0.998. The molecule has 1 aromatic heterocycles. The zero-order valence-corrected chi connectivity index (χ0v) is 7.98. The van der Waals surface area contributed by atoms with Crippen LogP contribution >= 0.6 is 24.4 Å². The SMILES string of the molecule is CSCC(S)c1ccncn1. The highest BCUT2D eigenvalue weighted by Crippen LogP contribution is 2.20. The van der Waals surface area contributed by atoms with Gasteiger partial charge in [-0.2, -0.15) is 24.4 Å². The fraction of sp³-hybridized carbons (Fsp3) is 0.429. The molecule has 1 rings (SSSR count). The number of rotatable bonds is 3. The highest BCUT2D eigenvalue weighted by atomic mass is 32.2. The summed E-state index contributed by atoms with van der Waals surface area (Å²) in [4.78, 5) is 7.93. The van der Waals surface area contributed by atoms with Crippen molar-refractivity contribution in [3.8, 4) is 0 Å². The molecule has 0 spiro atoms. The van der Waals surface area contributed by atoms with Crippen LogP contribution in [0.2, 0.25) is 0 Å². The summed E-state index contributed by atoms with van der Waals surface area (Å²) in [5, 5.41) is 0.230. The Morgan fingerprint density at radius 2 is 2.55 bits per heavy atom. The molecule has 0 N–H and O–H groups in total. The van der Waals surface area contributed by atoms with E-state index in [0.717, 1.165) is 11.4 Å². The maximum absolute atomic E-state index is 4.39. The minimum Gasteiger partial charge on any atom is -0.245 e. The van der Waals surface area contributed by atoms with Crippen LogP contribution in [0.3, 0.4) is 0 Å². The quantitative estimate of drug-likeness (QED) is 0.729. The van der Waals surface area contributed by atoms with Gasteiger partial charge in [0.05, 0.1) is 10.9 Å². The predicted molar refractivity (Wildman–Crippen MR) is 52.1 cm³/mol. The van der Waals surface area contributed by atoms with Gasteiger partial charge in [0.2, 0.25) is 0 Å². The first kappa shape index (κ1) is 8.87. The lowest BCUT2D eigenvalue weighted by atomic mass is 10.3. The van der Waals surface area contributed by atoms with Crippen molar-refractivity contribution in [1.29, 1.82) is 0 Å². The van der Waals surface area contributed by atoms with E-state index in [2.05, 4.69) is 28.9 Å². The van der Waals surface area contributed by atoms with Crippen LogP contribution in [0.1, 0.15) is 10.9 Å². The summed E-state index contributed by atoms with van der Waals surface area (Å²) in [5.74, 6) is 0.986. The molecular formula is C7H10N2S2. The van der Waals surface area contributed by atoms with Gasteiger partial charge in [-0.05, 0) is 12.3 Å². The molecule has 0 aliphatic rings. The van der Waals surface area contributed by atoms with Crippen LogP contribution in [0.25, 0.3) is 0 Å². The van der Waals surface area contributed by atoms with Gasteiger partial charge < -0.3 is 0 Å². The lowest BCUT2D eigenvalue weighted by Crippen LogP contribution is -1.96. The molecule has 0 aromatic carbocycles. The average Bonchev–Trinajstić information content (AvgIpc) is 2.07. The van der Waals surface area contributed by atoms with Crippen LogP contribution in [-0.2, 0) is 0 Å². The zero-order chi connectivity index (χ0) is 8.10. The van der Waals surface area contributed by atoms with E-state index < -0.39 is 0 Å². The Labute approximate surface area is 76.2 Å². The van der Waals surface area contributed by atoms with E-state index in [9.17, 15) is 0 Å². The lowest BCUT2D eigenvalue weighted by molar-refractivity contribution is 0.992. The fourth-order valence-electron chi connectivity index (χ4n) is 0.741. The molecule has 0 saturated carbocycles. The summed E-state index contributed by atoms with van der Waals surface area (Å²) < 4.78 is 0. The third-order valence-electron chi connectivity index (χ3n) is 1.27. The van der Waals surface area contributed by atoms with Crippen molar-refractivity contribution in [2.75, 3.05) is 12.0 Å². The summed E-state index contributed by atoms with van der Waals surface area (Å²) in [7, 11) is 0. The Kier molecular flexibility index (Phi) is 3.72. The maximum atomic E-state index is 4.39. The van der Waals surface area contributed by atoms with Gasteiger partial charge in [0.25, 0.3) is 0 Å². The first-order valence-electron chi connectivity index (χ1n) is 3.27. The molecule has 1 atom stereocenters. The molecule has 0 amide bonds. The van der Waals surface area contributed by atoms with Crippen LogP contribution < -0.4 is 0 Å². The van der Waals surface area contributed by atoms with E-state index in [1.807, 2.05) is 6.07 Å². The molecule has 0 aliphatic carbocycles. The van der Waals surface area contributed by atoms with E-state index in [1.54, 1.807) is 24.3 Å². The highest BCUT2D eigenvalue weighted by Gasteiger charge is 2.04. The molecule has 0 saturated heterocycles. The van der Waals surface area contributed by atoms with E-state index in [0.29, 0.717) is 0 Å². The van der Waals surface area contributed by atoms with Gasteiger partial charge in [-0.15, -0.1) is 0 Å². The van der Waals surface area contributed by atoms with Crippen molar-refractivity contribution in [2.45, 2.75) is 5.25 Å². The summed E-state index contributed by atoms with van der Waals surface area (Å²) in [6, 6.07) is 1.90. The molecule has 2 nitrogen and oxygen atoms in total. The van der Waals surface area contributed by atoms with Crippen LogP contribution in [0.4, 0.5) is 0 Å². The van der Waals surface area contributed by atoms with Crippen molar-refractivity contribution in [1.82, 2.24) is 9.97 Å². The fourth-order valence-corrected chi connectivity index (χ4v) is 1.83. The van der Waals surface area contributed by atoms with Crippen molar-refractivity contribution < 1.29 is 0 Å². The molecule has 4 heteroatoms. The molecule has 1 heterocycles. The molecule has 11 heavy (non-hydrogen) atoms. The predicted octanol–water partition coefficient (Wildman–Crippen LogP) is 1.81. The standard InChI is InChI=1S/C7H10N2S2/c1-11-4-7(10)6-2-3-8-5-9-6/h2-3,5,7,10H,4H2,1H3. The van der Waals surface area contributed by atoms with E-state index in [-0.39, 0.29) is 5.25 Å². The van der Waals surface area contributed by atoms with Crippen LogP contribution in [0.15, 0.2) is 18.6 Å². The Balaban J connectivity index is 2.61. The van der Waals surface area contributed by atoms with Gasteiger partial charge >= 0.3 is 0 Å². The smallest absolute Gasteiger partial charge is 0.115 e. The number of hydrogen-bond donors (Lipinski definition) is 1. The number of hydrogen-bond acceptors (Lipinski definition) is 4. The second kappa shape index (κ2) is 4.62. The molecule has 0 radical (unpaired) electrons. The molecule has 1 aromatic rings. The topological polar surface area (TPSA) is 25.8 Å². The Bertz CT molecular complexity index is 203. The van der Waals surface area contributed by atoms with Crippen molar-refractivity contribution >= 4 is 24.4 Å². The maximum Gasteiger partial charge on any atom is 0.115 e. The highest BCUT2D eigenvalue weighted by molar-refractivity contribution is 7.99. The summed E-state index contributed by atoms with van der Waals surface area (Å²) in [6.45, 7) is 0. The first-order chi connectivity index (χ1) is 5.34. The van der Waals surface area contributed by atoms with Crippen molar-refractivity contribution in [2.24, 2.45) is 0 Å². The van der Waals surface area contributed by atoms with Gasteiger partial charge in [0, 0.05) is 11.9 Å². The van der Waals surface area contributed by atoms with Crippen molar-refractivity contribution in [3.05, 3.63) is 24.3 Å².